The van der Waals surface area contributed by atoms with Gasteiger partial charge in [0.05, 0.1) is 11.3 Å². The molecular formula is C22H21F2N3O2. The number of amides is 2. The van der Waals surface area contributed by atoms with Crippen LogP contribution in [0.5, 0.6) is 0 Å². The number of carbonyl (C=O) groups is 2. The highest BCUT2D eigenvalue weighted by atomic mass is 19.1. The number of carbonyl (C=O) groups excluding carboxylic acids is 2. The summed E-state index contributed by atoms with van der Waals surface area (Å²) in [5.74, 6) is -2.80. The molecule has 1 saturated heterocycles. The van der Waals surface area contributed by atoms with Gasteiger partial charge in [0.2, 0.25) is 0 Å². The smallest absolute Gasteiger partial charge is 0.282 e. The fourth-order valence-electron chi connectivity index (χ4n) is 3.84. The molecule has 0 saturated carbocycles. The minimum absolute atomic E-state index is 0.226. The van der Waals surface area contributed by atoms with E-state index in [1.807, 2.05) is 11.0 Å². The minimum atomic E-state index is -0.822. The summed E-state index contributed by atoms with van der Waals surface area (Å²) in [6.45, 7) is 5.67. The molecule has 7 heteroatoms. The third-order valence-corrected chi connectivity index (χ3v) is 5.41. The van der Waals surface area contributed by atoms with Gasteiger partial charge in [-0.3, -0.25) is 9.59 Å². The van der Waals surface area contributed by atoms with Gasteiger partial charge in [-0.05, 0) is 24.2 Å². The van der Waals surface area contributed by atoms with Crippen LogP contribution in [-0.4, -0.2) is 54.3 Å². The number of nitrogens with zero attached hydrogens (tertiary/aromatic N) is 3. The molecule has 0 radical (unpaired) electrons. The minimum Gasteiger partial charge on any atom is -0.364 e. The number of rotatable bonds is 4. The van der Waals surface area contributed by atoms with E-state index in [1.54, 1.807) is 24.3 Å². The predicted molar refractivity (Wildman–Crippen MR) is 106 cm³/mol. The molecule has 2 aromatic rings. The van der Waals surface area contributed by atoms with E-state index in [1.165, 1.54) is 0 Å². The van der Waals surface area contributed by atoms with E-state index >= 15 is 0 Å². The highest BCUT2D eigenvalue weighted by molar-refractivity contribution is 6.45. The third-order valence-electron chi connectivity index (χ3n) is 5.41. The molecule has 5 nitrogen and oxygen atoms in total. The number of piperazine rings is 1. The molecule has 0 aromatic heterocycles. The van der Waals surface area contributed by atoms with Crippen molar-refractivity contribution in [2.24, 2.45) is 0 Å². The summed E-state index contributed by atoms with van der Waals surface area (Å²) in [7, 11) is 0. The summed E-state index contributed by atoms with van der Waals surface area (Å²) >= 11 is 0. The molecule has 2 aliphatic rings. The van der Waals surface area contributed by atoms with Crippen LogP contribution in [-0.2, 0) is 9.59 Å². The van der Waals surface area contributed by atoms with Crippen LogP contribution in [0, 0.1) is 11.6 Å². The second kappa shape index (κ2) is 7.75. The van der Waals surface area contributed by atoms with E-state index in [9.17, 15) is 18.4 Å². The summed E-state index contributed by atoms with van der Waals surface area (Å²) < 4.78 is 28.2. The quantitative estimate of drug-likeness (QED) is 0.745. The fraction of sp³-hybridized carbons (Fsp3) is 0.273. The van der Waals surface area contributed by atoms with Crippen LogP contribution >= 0.6 is 0 Å². The fourth-order valence-corrected chi connectivity index (χ4v) is 3.84. The van der Waals surface area contributed by atoms with Crippen molar-refractivity contribution in [3.8, 4) is 0 Å². The molecule has 0 bridgehead atoms. The van der Waals surface area contributed by atoms with Crippen LogP contribution in [0.4, 0.5) is 14.5 Å². The lowest BCUT2D eigenvalue weighted by Crippen LogP contribution is -2.47. The Hall–Kier alpha value is -3.06. The van der Waals surface area contributed by atoms with Crippen LogP contribution in [0.2, 0.25) is 0 Å². The maximum Gasteiger partial charge on any atom is 0.282 e. The maximum atomic E-state index is 14.4. The van der Waals surface area contributed by atoms with Gasteiger partial charge in [-0.25, -0.2) is 13.7 Å². The Morgan fingerprint density at radius 2 is 1.59 bits per heavy atom. The molecule has 0 N–H and O–H groups in total. The highest BCUT2D eigenvalue weighted by Gasteiger charge is 2.43. The van der Waals surface area contributed by atoms with Crippen molar-refractivity contribution in [3.63, 3.8) is 0 Å². The van der Waals surface area contributed by atoms with Crippen molar-refractivity contribution in [2.75, 3.05) is 37.6 Å². The topological polar surface area (TPSA) is 43.9 Å². The van der Waals surface area contributed by atoms with Gasteiger partial charge in [0.15, 0.2) is 0 Å². The van der Waals surface area contributed by atoms with Crippen LogP contribution in [0.25, 0.3) is 5.57 Å². The average molecular weight is 397 g/mol. The molecule has 0 atom stereocenters. The van der Waals surface area contributed by atoms with E-state index in [-0.39, 0.29) is 17.0 Å². The number of halogens is 2. The van der Waals surface area contributed by atoms with Gasteiger partial charge < -0.3 is 9.80 Å². The predicted octanol–water partition coefficient (Wildman–Crippen LogP) is 2.89. The molecule has 2 amide bonds. The molecule has 0 aliphatic carbocycles. The van der Waals surface area contributed by atoms with E-state index in [4.69, 9.17) is 0 Å². The summed E-state index contributed by atoms with van der Waals surface area (Å²) in [6.07, 6.45) is 0. The lowest BCUT2D eigenvalue weighted by molar-refractivity contribution is -0.120. The van der Waals surface area contributed by atoms with Crippen molar-refractivity contribution in [3.05, 3.63) is 71.4 Å². The van der Waals surface area contributed by atoms with Gasteiger partial charge in [0, 0.05) is 32.2 Å². The van der Waals surface area contributed by atoms with E-state index in [2.05, 4.69) is 11.8 Å². The average Bonchev–Trinajstić information content (AvgIpc) is 3.00. The van der Waals surface area contributed by atoms with E-state index in [0.717, 1.165) is 42.7 Å². The summed E-state index contributed by atoms with van der Waals surface area (Å²) in [6, 6.07) is 11.6. The summed E-state index contributed by atoms with van der Waals surface area (Å²) in [4.78, 5) is 31.5. The number of benzene rings is 2. The van der Waals surface area contributed by atoms with E-state index < -0.39 is 23.4 Å². The number of likely N-dealkylation sites (N-methyl/N-ethyl adjacent to an activating group) is 1. The normalized spacial score (nSPS) is 18.2. The van der Waals surface area contributed by atoms with Gasteiger partial charge in [0.1, 0.15) is 17.3 Å². The first kappa shape index (κ1) is 19.3. The highest BCUT2D eigenvalue weighted by Crippen LogP contribution is 2.36. The van der Waals surface area contributed by atoms with Gasteiger partial charge in [-0.15, -0.1) is 0 Å². The Kier molecular flexibility index (Phi) is 5.15. The van der Waals surface area contributed by atoms with Gasteiger partial charge >= 0.3 is 0 Å². The molecule has 0 unspecified atom stereocenters. The Morgan fingerprint density at radius 1 is 0.897 bits per heavy atom. The van der Waals surface area contributed by atoms with Crippen molar-refractivity contribution < 1.29 is 18.4 Å². The zero-order valence-electron chi connectivity index (χ0n) is 16.1. The summed E-state index contributed by atoms with van der Waals surface area (Å²) in [5.41, 5.74) is 0.693. The second-order valence-corrected chi connectivity index (χ2v) is 7.05. The largest absolute Gasteiger partial charge is 0.364 e. The van der Waals surface area contributed by atoms with Gasteiger partial charge in [-0.2, -0.15) is 0 Å². The molecule has 2 aromatic carbocycles. The SMILES string of the molecule is CCN1CCN(C2=C(c3ccccc3)C(=O)N(c3cc(F)ccc3F)C2=O)CC1. The zero-order chi connectivity index (χ0) is 20.5. The Balaban J connectivity index is 1.80. The Bertz CT molecular complexity index is 983. The number of hydrogen-bond acceptors (Lipinski definition) is 4. The molecule has 2 aliphatic heterocycles. The zero-order valence-corrected chi connectivity index (χ0v) is 16.1. The summed E-state index contributed by atoms with van der Waals surface area (Å²) in [5, 5.41) is 0. The molecule has 4 rings (SSSR count). The Labute approximate surface area is 167 Å². The molecular weight excluding hydrogens is 376 g/mol. The molecule has 2 heterocycles. The number of hydrogen-bond donors (Lipinski definition) is 0. The van der Waals surface area contributed by atoms with Crippen LogP contribution < -0.4 is 4.90 Å². The molecule has 29 heavy (non-hydrogen) atoms. The van der Waals surface area contributed by atoms with Crippen molar-refractivity contribution in [1.29, 1.82) is 0 Å². The van der Waals surface area contributed by atoms with Crippen LogP contribution in [0.3, 0.4) is 0 Å². The number of imide groups is 1. The molecule has 150 valence electrons. The number of anilines is 1. The van der Waals surface area contributed by atoms with Crippen molar-refractivity contribution in [2.45, 2.75) is 6.92 Å². The van der Waals surface area contributed by atoms with Crippen molar-refractivity contribution >= 4 is 23.1 Å². The molecule has 1 fully saturated rings. The second-order valence-electron chi connectivity index (χ2n) is 7.05. The standard InChI is InChI=1S/C22H21F2N3O2/c1-2-25-10-12-26(13-11-25)20-19(15-6-4-3-5-7-15)21(28)27(22(20)29)18-14-16(23)8-9-17(18)24/h3-9,14H,2,10-13H2,1H3. The van der Waals surface area contributed by atoms with Crippen LogP contribution in [0.1, 0.15) is 12.5 Å². The van der Waals surface area contributed by atoms with Crippen LogP contribution in [0.15, 0.2) is 54.2 Å². The first-order chi connectivity index (χ1) is 14.0. The first-order valence-electron chi connectivity index (χ1n) is 9.62. The first-order valence-corrected chi connectivity index (χ1v) is 9.62. The lowest BCUT2D eigenvalue weighted by atomic mass is 10.0. The van der Waals surface area contributed by atoms with Gasteiger partial charge in [-0.1, -0.05) is 37.3 Å². The van der Waals surface area contributed by atoms with E-state index in [0.29, 0.717) is 18.7 Å². The Morgan fingerprint density at radius 3 is 2.24 bits per heavy atom. The lowest BCUT2D eigenvalue weighted by Gasteiger charge is -2.36. The maximum absolute atomic E-state index is 14.4. The van der Waals surface area contributed by atoms with Gasteiger partial charge in [0.25, 0.3) is 11.8 Å². The molecule has 0 spiro atoms. The monoisotopic (exact) mass is 397 g/mol. The van der Waals surface area contributed by atoms with Crippen molar-refractivity contribution in [1.82, 2.24) is 9.80 Å². The third kappa shape index (κ3) is 3.42.